The largest absolute Gasteiger partial charge is 0.434 e. The van der Waals surface area contributed by atoms with Crippen molar-refractivity contribution in [3.8, 4) is 11.8 Å². The van der Waals surface area contributed by atoms with E-state index >= 15 is 0 Å². The number of nitrogen functional groups attached to an aromatic ring is 1. The van der Waals surface area contributed by atoms with Gasteiger partial charge in [0.1, 0.15) is 5.82 Å². The fraction of sp³-hybridized carbons (Fsp3) is 0.333. The summed E-state index contributed by atoms with van der Waals surface area (Å²) in [6, 6.07) is 2.43. The summed E-state index contributed by atoms with van der Waals surface area (Å²) in [5.41, 5.74) is 3.90. The van der Waals surface area contributed by atoms with Gasteiger partial charge in [0.05, 0.1) is 5.56 Å². The molecule has 1 rings (SSSR count). The topological polar surface area (TPSA) is 68.0 Å². The third kappa shape index (κ3) is 4.87. The fourth-order valence-electron chi connectivity index (χ4n) is 1.25. The van der Waals surface area contributed by atoms with Crippen molar-refractivity contribution >= 4 is 11.7 Å². The Morgan fingerprint density at radius 3 is 2.74 bits per heavy atom. The van der Waals surface area contributed by atoms with Crippen molar-refractivity contribution in [1.82, 2.24) is 10.3 Å². The lowest BCUT2D eigenvalue weighted by molar-refractivity contribution is -0.141. The molecule has 0 fully saturated rings. The number of alkyl halides is 3. The molecule has 7 heteroatoms. The molecule has 0 unspecified atom stereocenters. The number of hydrogen-bond acceptors (Lipinski definition) is 3. The molecular weight excluding hydrogens is 259 g/mol. The first kappa shape index (κ1) is 14.8. The number of carbonyl (C=O) groups excluding carboxylic acids is 1. The molecule has 3 N–H and O–H groups in total. The molecule has 1 amide bonds. The highest BCUT2D eigenvalue weighted by atomic mass is 19.4. The second kappa shape index (κ2) is 6.09. The minimum absolute atomic E-state index is 0.212. The Labute approximate surface area is 108 Å². The van der Waals surface area contributed by atoms with Crippen molar-refractivity contribution in [2.24, 2.45) is 0 Å². The molecule has 0 aliphatic carbocycles. The van der Waals surface area contributed by atoms with Gasteiger partial charge in [-0.1, -0.05) is 11.8 Å². The molecule has 19 heavy (non-hydrogen) atoms. The first-order chi connectivity index (χ1) is 8.80. The number of aromatic nitrogens is 1. The van der Waals surface area contributed by atoms with E-state index in [1.54, 1.807) is 0 Å². The lowest BCUT2D eigenvalue weighted by Gasteiger charge is -2.08. The first-order valence-corrected chi connectivity index (χ1v) is 5.37. The van der Waals surface area contributed by atoms with Crippen molar-refractivity contribution in [2.45, 2.75) is 19.5 Å². The Hall–Kier alpha value is -2.23. The van der Waals surface area contributed by atoms with E-state index in [-0.39, 0.29) is 30.3 Å². The number of pyridine rings is 1. The molecule has 1 aromatic heterocycles. The zero-order valence-electron chi connectivity index (χ0n) is 10.1. The van der Waals surface area contributed by atoms with Gasteiger partial charge < -0.3 is 11.1 Å². The maximum atomic E-state index is 12.7. The van der Waals surface area contributed by atoms with E-state index in [1.165, 1.54) is 19.1 Å². The van der Waals surface area contributed by atoms with E-state index < -0.39 is 11.9 Å². The Kier molecular flexibility index (Phi) is 4.75. The SMILES string of the molecule is CC(=O)NCCC#Cc1ccc(N)nc1C(F)(F)F. The summed E-state index contributed by atoms with van der Waals surface area (Å²) in [6.45, 7) is 1.63. The molecular formula is C12H12F3N3O. The van der Waals surface area contributed by atoms with Crippen molar-refractivity contribution in [1.29, 1.82) is 0 Å². The summed E-state index contributed by atoms with van der Waals surface area (Å²) in [4.78, 5) is 13.8. The number of anilines is 1. The van der Waals surface area contributed by atoms with Crippen LogP contribution in [0.1, 0.15) is 24.6 Å². The molecule has 0 saturated heterocycles. The van der Waals surface area contributed by atoms with Gasteiger partial charge in [0, 0.05) is 19.9 Å². The van der Waals surface area contributed by atoms with Crippen LogP contribution in [-0.4, -0.2) is 17.4 Å². The normalized spacial score (nSPS) is 10.5. The van der Waals surface area contributed by atoms with Gasteiger partial charge in [0.25, 0.3) is 0 Å². The molecule has 0 aliphatic heterocycles. The van der Waals surface area contributed by atoms with Gasteiger partial charge in [-0.3, -0.25) is 4.79 Å². The first-order valence-electron chi connectivity index (χ1n) is 5.37. The maximum Gasteiger partial charge on any atom is 0.434 e. The smallest absolute Gasteiger partial charge is 0.384 e. The standard InChI is InChI=1S/C12H12F3N3O/c1-8(19)17-7-3-2-4-9-5-6-10(16)18-11(9)12(13,14)15/h5-6H,3,7H2,1H3,(H2,16,18)(H,17,19). The monoisotopic (exact) mass is 271 g/mol. The van der Waals surface area contributed by atoms with E-state index in [0.717, 1.165) is 0 Å². The van der Waals surface area contributed by atoms with Crippen LogP contribution in [0.25, 0.3) is 0 Å². The molecule has 0 radical (unpaired) electrons. The number of nitrogens with one attached hydrogen (secondary N) is 1. The quantitative estimate of drug-likeness (QED) is 0.633. The molecule has 0 atom stereocenters. The van der Waals surface area contributed by atoms with Gasteiger partial charge in [-0.25, -0.2) is 4.98 Å². The van der Waals surface area contributed by atoms with E-state index in [9.17, 15) is 18.0 Å². The van der Waals surface area contributed by atoms with E-state index in [1.807, 2.05) is 0 Å². The number of hydrogen-bond donors (Lipinski definition) is 2. The summed E-state index contributed by atoms with van der Waals surface area (Å²) in [5, 5.41) is 2.49. The zero-order chi connectivity index (χ0) is 14.5. The van der Waals surface area contributed by atoms with Crippen LogP contribution in [0.3, 0.4) is 0 Å². The number of nitrogens with two attached hydrogens (primary N) is 1. The molecule has 1 heterocycles. The van der Waals surface area contributed by atoms with Gasteiger partial charge in [0.15, 0.2) is 5.69 Å². The predicted molar refractivity (Wildman–Crippen MR) is 63.8 cm³/mol. The lowest BCUT2D eigenvalue weighted by atomic mass is 10.2. The van der Waals surface area contributed by atoms with Crippen molar-refractivity contribution in [3.63, 3.8) is 0 Å². The maximum absolute atomic E-state index is 12.7. The Morgan fingerprint density at radius 1 is 1.47 bits per heavy atom. The van der Waals surface area contributed by atoms with E-state index in [0.29, 0.717) is 0 Å². The van der Waals surface area contributed by atoms with E-state index in [4.69, 9.17) is 5.73 Å². The van der Waals surface area contributed by atoms with Crippen LogP contribution in [0.4, 0.5) is 19.0 Å². The van der Waals surface area contributed by atoms with Crippen LogP contribution in [0.5, 0.6) is 0 Å². The van der Waals surface area contributed by atoms with Crippen LogP contribution in [0.15, 0.2) is 12.1 Å². The third-order valence-electron chi connectivity index (χ3n) is 2.03. The lowest BCUT2D eigenvalue weighted by Crippen LogP contribution is -2.20. The second-order valence-electron chi connectivity index (χ2n) is 3.66. The third-order valence-corrected chi connectivity index (χ3v) is 2.03. The minimum Gasteiger partial charge on any atom is -0.384 e. The second-order valence-corrected chi connectivity index (χ2v) is 3.66. The van der Waals surface area contributed by atoms with Gasteiger partial charge in [-0.15, -0.1) is 0 Å². The summed E-state index contributed by atoms with van der Waals surface area (Å²) in [5.74, 6) is 4.50. The molecule has 0 bridgehead atoms. The van der Waals surface area contributed by atoms with Gasteiger partial charge in [-0.05, 0) is 12.1 Å². The fourth-order valence-corrected chi connectivity index (χ4v) is 1.25. The minimum atomic E-state index is -4.60. The molecule has 4 nitrogen and oxygen atoms in total. The zero-order valence-corrected chi connectivity index (χ0v) is 10.1. The molecule has 0 saturated carbocycles. The summed E-state index contributed by atoms with van der Waals surface area (Å²) < 4.78 is 38.0. The molecule has 102 valence electrons. The van der Waals surface area contributed by atoms with Crippen molar-refractivity contribution < 1.29 is 18.0 Å². The van der Waals surface area contributed by atoms with Crippen LogP contribution in [0.2, 0.25) is 0 Å². The highest BCUT2D eigenvalue weighted by molar-refractivity contribution is 5.72. The Morgan fingerprint density at radius 2 is 2.16 bits per heavy atom. The van der Waals surface area contributed by atoms with Crippen LogP contribution < -0.4 is 11.1 Å². The molecule has 1 aromatic rings. The Balaban J connectivity index is 2.84. The predicted octanol–water partition coefficient (Wildman–Crippen LogP) is 1.56. The average molecular weight is 271 g/mol. The molecule has 0 spiro atoms. The Bertz CT molecular complexity index is 529. The highest BCUT2D eigenvalue weighted by Gasteiger charge is 2.35. The average Bonchev–Trinajstić information content (AvgIpc) is 2.28. The van der Waals surface area contributed by atoms with E-state index in [2.05, 4.69) is 22.1 Å². The number of nitrogens with zero attached hydrogens (tertiary/aromatic N) is 1. The highest BCUT2D eigenvalue weighted by Crippen LogP contribution is 2.30. The van der Waals surface area contributed by atoms with Crippen LogP contribution >= 0.6 is 0 Å². The van der Waals surface area contributed by atoms with Crippen molar-refractivity contribution in [3.05, 3.63) is 23.4 Å². The summed E-state index contributed by atoms with van der Waals surface area (Å²) in [6.07, 6.45) is -4.35. The number of carbonyl (C=O) groups is 1. The molecule has 0 aromatic carbocycles. The number of rotatable bonds is 2. The van der Waals surface area contributed by atoms with Gasteiger partial charge in [-0.2, -0.15) is 13.2 Å². The van der Waals surface area contributed by atoms with Crippen LogP contribution in [0, 0.1) is 11.8 Å². The summed E-state index contributed by atoms with van der Waals surface area (Å²) in [7, 11) is 0. The molecule has 0 aliphatic rings. The van der Waals surface area contributed by atoms with Crippen LogP contribution in [-0.2, 0) is 11.0 Å². The number of halogens is 3. The number of amides is 1. The van der Waals surface area contributed by atoms with Gasteiger partial charge in [0.2, 0.25) is 5.91 Å². The van der Waals surface area contributed by atoms with Crippen molar-refractivity contribution in [2.75, 3.05) is 12.3 Å². The summed E-state index contributed by atoms with van der Waals surface area (Å²) >= 11 is 0. The van der Waals surface area contributed by atoms with Gasteiger partial charge >= 0.3 is 6.18 Å².